The van der Waals surface area contributed by atoms with Crippen LogP contribution in [-0.2, 0) is 27.2 Å². The number of amides is 1. The summed E-state index contributed by atoms with van der Waals surface area (Å²) in [6, 6.07) is 14.7. The molecule has 0 saturated heterocycles. The monoisotopic (exact) mass is 365 g/mol. The first-order chi connectivity index (χ1) is 11.5. The Hall–Kier alpha value is -2.04. The van der Waals surface area contributed by atoms with Crippen LogP contribution in [0.3, 0.4) is 0 Å². The third-order valence-electron chi connectivity index (χ3n) is 3.29. The highest BCUT2D eigenvalue weighted by atomic mass is 35.5. The Bertz CT molecular complexity index is 705. The second-order valence-electron chi connectivity index (χ2n) is 5.16. The van der Waals surface area contributed by atoms with Gasteiger partial charge in [0.2, 0.25) is 0 Å². The molecule has 0 fully saturated rings. The molecule has 1 amide bonds. The third kappa shape index (κ3) is 6.22. The minimum absolute atomic E-state index is 0.00665. The van der Waals surface area contributed by atoms with Crippen LogP contribution in [0, 0.1) is 0 Å². The van der Waals surface area contributed by atoms with Crippen LogP contribution in [0.2, 0.25) is 10.0 Å². The highest BCUT2D eigenvalue weighted by Gasteiger charge is 2.11. The van der Waals surface area contributed by atoms with Crippen molar-refractivity contribution >= 4 is 35.1 Å². The van der Waals surface area contributed by atoms with E-state index >= 15 is 0 Å². The van der Waals surface area contributed by atoms with E-state index in [9.17, 15) is 9.59 Å². The lowest BCUT2D eigenvalue weighted by Gasteiger charge is -2.08. The van der Waals surface area contributed by atoms with Crippen LogP contribution in [0.15, 0.2) is 48.5 Å². The van der Waals surface area contributed by atoms with Crippen molar-refractivity contribution in [3.63, 3.8) is 0 Å². The Kier molecular flexibility index (Phi) is 7.09. The van der Waals surface area contributed by atoms with E-state index in [1.54, 1.807) is 18.2 Å². The number of nitrogens with one attached hydrogen (secondary N) is 1. The second-order valence-corrected chi connectivity index (χ2v) is 6.00. The van der Waals surface area contributed by atoms with Gasteiger partial charge < -0.3 is 10.1 Å². The van der Waals surface area contributed by atoms with Gasteiger partial charge >= 0.3 is 5.97 Å². The van der Waals surface area contributed by atoms with Gasteiger partial charge in [-0.25, -0.2) is 0 Å². The lowest BCUT2D eigenvalue weighted by Crippen LogP contribution is -2.30. The minimum atomic E-state index is -0.516. The summed E-state index contributed by atoms with van der Waals surface area (Å²) in [4.78, 5) is 23.4. The zero-order chi connectivity index (χ0) is 17.4. The maximum atomic E-state index is 11.8. The van der Waals surface area contributed by atoms with Gasteiger partial charge in [-0.3, -0.25) is 9.59 Å². The molecule has 0 aliphatic rings. The molecule has 2 aromatic rings. The number of hydrogen-bond donors (Lipinski definition) is 1. The first kappa shape index (κ1) is 18.3. The summed E-state index contributed by atoms with van der Waals surface area (Å²) in [6.45, 7) is 0.183. The van der Waals surface area contributed by atoms with Crippen molar-refractivity contribution in [1.82, 2.24) is 5.32 Å². The molecule has 4 nitrogen and oxygen atoms in total. The van der Waals surface area contributed by atoms with Crippen LogP contribution < -0.4 is 5.32 Å². The number of rotatable bonds is 7. The predicted octanol–water partition coefficient (Wildman–Crippen LogP) is 3.44. The summed E-state index contributed by atoms with van der Waals surface area (Å²) in [6.07, 6.45) is 0.716. The number of hydrogen-bond acceptors (Lipinski definition) is 3. The van der Waals surface area contributed by atoms with E-state index < -0.39 is 5.97 Å². The van der Waals surface area contributed by atoms with Crippen LogP contribution in [0.1, 0.15) is 11.1 Å². The number of ether oxygens (including phenoxy) is 1. The number of esters is 1. The van der Waals surface area contributed by atoms with Crippen LogP contribution in [0.4, 0.5) is 0 Å². The molecule has 1 N–H and O–H groups in total. The molecular formula is C18H17Cl2NO3. The fraction of sp³-hybridized carbons (Fsp3) is 0.222. The third-order valence-corrected chi connectivity index (χ3v) is 3.88. The largest absolute Gasteiger partial charge is 0.455 e. The van der Waals surface area contributed by atoms with E-state index in [0.29, 0.717) is 22.2 Å². The highest BCUT2D eigenvalue weighted by Crippen LogP contribution is 2.21. The summed E-state index contributed by atoms with van der Waals surface area (Å²) in [5, 5.41) is 3.60. The molecule has 0 aromatic heterocycles. The average Bonchev–Trinajstić information content (AvgIpc) is 2.56. The molecular weight excluding hydrogens is 349 g/mol. The van der Waals surface area contributed by atoms with Crippen molar-refractivity contribution in [2.45, 2.75) is 12.8 Å². The summed E-state index contributed by atoms with van der Waals surface area (Å²) >= 11 is 11.8. The van der Waals surface area contributed by atoms with Gasteiger partial charge in [0.15, 0.2) is 6.61 Å². The van der Waals surface area contributed by atoms with Crippen molar-refractivity contribution in [2.75, 3.05) is 13.2 Å². The van der Waals surface area contributed by atoms with E-state index in [2.05, 4.69) is 5.32 Å². The molecule has 126 valence electrons. The van der Waals surface area contributed by atoms with Gasteiger partial charge in [0.1, 0.15) is 0 Å². The fourth-order valence-electron chi connectivity index (χ4n) is 2.06. The maximum absolute atomic E-state index is 11.8. The molecule has 0 spiro atoms. The van der Waals surface area contributed by atoms with Gasteiger partial charge in [-0.2, -0.15) is 0 Å². The Labute approximate surface area is 150 Å². The molecule has 0 atom stereocenters. The second kappa shape index (κ2) is 9.30. The summed E-state index contributed by atoms with van der Waals surface area (Å²) in [5.41, 5.74) is 1.74. The Morgan fingerprint density at radius 1 is 1.04 bits per heavy atom. The maximum Gasteiger partial charge on any atom is 0.310 e. The zero-order valence-corrected chi connectivity index (χ0v) is 14.4. The summed E-state index contributed by atoms with van der Waals surface area (Å²) < 4.78 is 4.95. The molecule has 0 saturated carbocycles. The lowest BCUT2D eigenvalue weighted by molar-refractivity contribution is -0.147. The smallest absolute Gasteiger partial charge is 0.310 e. The van der Waals surface area contributed by atoms with Crippen molar-refractivity contribution < 1.29 is 14.3 Å². The molecule has 0 radical (unpaired) electrons. The van der Waals surface area contributed by atoms with Gasteiger partial charge in [0, 0.05) is 16.6 Å². The number of carbonyl (C=O) groups excluding carboxylic acids is 2. The van der Waals surface area contributed by atoms with Crippen LogP contribution in [-0.4, -0.2) is 25.0 Å². The van der Waals surface area contributed by atoms with Crippen molar-refractivity contribution in [1.29, 1.82) is 0 Å². The fourth-order valence-corrected chi connectivity index (χ4v) is 2.53. The Morgan fingerprint density at radius 3 is 2.50 bits per heavy atom. The van der Waals surface area contributed by atoms with Crippen molar-refractivity contribution in [3.8, 4) is 0 Å². The first-order valence-corrected chi connectivity index (χ1v) is 8.20. The zero-order valence-electron chi connectivity index (χ0n) is 12.9. The lowest BCUT2D eigenvalue weighted by atomic mass is 10.1. The van der Waals surface area contributed by atoms with E-state index in [4.69, 9.17) is 27.9 Å². The SMILES string of the molecule is O=C(COC(=O)Cc1ccc(Cl)cc1Cl)NCCc1ccccc1. The van der Waals surface area contributed by atoms with Gasteiger partial charge in [-0.05, 0) is 29.7 Å². The Morgan fingerprint density at radius 2 is 1.79 bits per heavy atom. The molecule has 2 rings (SSSR count). The van der Waals surface area contributed by atoms with E-state index in [1.165, 1.54) is 0 Å². The van der Waals surface area contributed by atoms with Crippen LogP contribution in [0.5, 0.6) is 0 Å². The molecule has 2 aromatic carbocycles. The van der Waals surface area contributed by atoms with Crippen molar-refractivity contribution in [2.24, 2.45) is 0 Å². The van der Waals surface area contributed by atoms with Crippen LogP contribution in [0.25, 0.3) is 0 Å². The molecule has 24 heavy (non-hydrogen) atoms. The molecule has 0 aliphatic heterocycles. The van der Waals surface area contributed by atoms with Gasteiger partial charge in [0.05, 0.1) is 6.42 Å². The van der Waals surface area contributed by atoms with E-state index in [-0.39, 0.29) is 18.9 Å². The molecule has 0 heterocycles. The predicted molar refractivity (Wildman–Crippen MR) is 94.3 cm³/mol. The molecule has 0 aliphatic carbocycles. The normalized spacial score (nSPS) is 10.2. The average molecular weight is 366 g/mol. The van der Waals surface area contributed by atoms with Gasteiger partial charge in [-0.1, -0.05) is 59.6 Å². The van der Waals surface area contributed by atoms with Gasteiger partial charge in [0.25, 0.3) is 5.91 Å². The molecule has 0 bridgehead atoms. The topological polar surface area (TPSA) is 55.4 Å². The quantitative estimate of drug-likeness (QED) is 0.764. The summed E-state index contributed by atoms with van der Waals surface area (Å²) in [7, 11) is 0. The highest BCUT2D eigenvalue weighted by molar-refractivity contribution is 6.35. The number of carbonyl (C=O) groups is 2. The van der Waals surface area contributed by atoms with E-state index in [0.717, 1.165) is 12.0 Å². The summed E-state index contributed by atoms with van der Waals surface area (Å²) in [5.74, 6) is -0.848. The number of halogens is 2. The molecule has 0 unspecified atom stereocenters. The Balaban J connectivity index is 1.68. The first-order valence-electron chi connectivity index (χ1n) is 7.45. The van der Waals surface area contributed by atoms with E-state index in [1.807, 2.05) is 30.3 Å². The number of benzene rings is 2. The minimum Gasteiger partial charge on any atom is -0.455 e. The standard InChI is InChI=1S/C18H17Cl2NO3/c19-15-7-6-14(16(20)11-15)10-18(23)24-12-17(22)21-9-8-13-4-2-1-3-5-13/h1-7,11H,8-10,12H2,(H,21,22). The van der Waals surface area contributed by atoms with Gasteiger partial charge in [-0.15, -0.1) is 0 Å². The molecule has 6 heteroatoms. The van der Waals surface area contributed by atoms with Crippen molar-refractivity contribution in [3.05, 3.63) is 69.7 Å². The van der Waals surface area contributed by atoms with Crippen LogP contribution >= 0.6 is 23.2 Å².